The lowest BCUT2D eigenvalue weighted by molar-refractivity contribution is 0.132. The van der Waals surface area contributed by atoms with Crippen molar-refractivity contribution in [3.8, 4) is 5.75 Å². The van der Waals surface area contributed by atoms with Gasteiger partial charge in [-0.25, -0.2) is 0 Å². The number of nitrogens with zero attached hydrogens (tertiary/aromatic N) is 2. The van der Waals surface area contributed by atoms with Crippen LogP contribution in [-0.4, -0.2) is 24.2 Å². The molecule has 4 rings (SSSR count). The van der Waals surface area contributed by atoms with E-state index in [9.17, 15) is 0 Å². The Labute approximate surface area is 149 Å². The van der Waals surface area contributed by atoms with Crippen LogP contribution in [0.1, 0.15) is 18.4 Å². The normalized spacial score (nSPS) is 22.1. The molecule has 0 saturated heterocycles. The highest BCUT2D eigenvalue weighted by molar-refractivity contribution is 5.53. The van der Waals surface area contributed by atoms with Gasteiger partial charge in [0.2, 0.25) is 0 Å². The average Bonchev–Trinajstić information content (AvgIpc) is 3.10. The van der Waals surface area contributed by atoms with Crippen LogP contribution in [0.15, 0.2) is 67.0 Å². The quantitative estimate of drug-likeness (QED) is 0.876. The summed E-state index contributed by atoms with van der Waals surface area (Å²) in [5.41, 5.74) is 8.09. The molecule has 25 heavy (non-hydrogen) atoms. The molecule has 4 nitrogen and oxygen atoms in total. The van der Waals surface area contributed by atoms with Gasteiger partial charge in [0.15, 0.2) is 0 Å². The Hall–Kier alpha value is -2.46. The highest BCUT2D eigenvalue weighted by atomic mass is 16.5. The summed E-state index contributed by atoms with van der Waals surface area (Å²) >= 11 is 0. The van der Waals surface area contributed by atoms with Crippen molar-refractivity contribution in [2.45, 2.75) is 25.5 Å². The fourth-order valence-corrected chi connectivity index (χ4v) is 3.50. The summed E-state index contributed by atoms with van der Waals surface area (Å²) in [7, 11) is 0. The number of ether oxygens (including phenoxy) is 1. The molecule has 0 unspecified atom stereocenters. The molecule has 2 aliphatic rings. The number of hydrogen-bond donors (Lipinski definition) is 1. The van der Waals surface area contributed by atoms with E-state index in [0.29, 0.717) is 18.6 Å². The van der Waals surface area contributed by atoms with E-state index < -0.39 is 0 Å². The summed E-state index contributed by atoms with van der Waals surface area (Å²) in [6, 6.07) is 19.2. The van der Waals surface area contributed by atoms with Crippen LogP contribution in [0.3, 0.4) is 0 Å². The molecule has 1 aliphatic carbocycles. The van der Waals surface area contributed by atoms with Crippen LogP contribution in [0.25, 0.3) is 0 Å². The Morgan fingerprint density at radius 3 is 2.64 bits per heavy atom. The Balaban J connectivity index is 1.35. The molecule has 0 radical (unpaired) electrons. The SMILES string of the molecule is NCC1CC(N2C=CN(c3cccc(OCc4ccccc4)c3)C2)C1. The van der Waals surface area contributed by atoms with E-state index in [-0.39, 0.29) is 0 Å². The summed E-state index contributed by atoms with van der Waals surface area (Å²) in [4.78, 5) is 4.69. The summed E-state index contributed by atoms with van der Waals surface area (Å²) in [6.45, 7) is 2.32. The van der Waals surface area contributed by atoms with Gasteiger partial charge < -0.3 is 20.3 Å². The van der Waals surface area contributed by atoms with Gasteiger partial charge in [0, 0.05) is 30.2 Å². The van der Waals surface area contributed by atoms with Gasteiger partial charge >= 0.3 is 0 Å². The van der Waals surface area contributed by atoms with Crippen molar-refractivity contribution >= 4 is 5.69 Å². The van der Waals surface area contributed by atoms with Gasteiger partial charge in [-0.3, -0.25) is 0 Å². The first-order valence-electron chi connectivity index (χ1n) is 8.99. The van der Waals surface area contributed by atoms with E-state index in [2.05, 4.69) is 52.5 Å². The van der Waals surface area contributed by atoms with Crippen molar-refractivity contribution in [2.75, 3.05) is 18.1 Å². The summed E-state index contributed by atoms with van der Waals surface area (Å²) in [5.74, 6) is 1.61. The first-order chi connectivity index (χ1) is 12.3. The summed E-state index contributed by atoms with van der Waals surface area (Å²) < 4.78 is 5.95. The Bertz CT molecular complexity index is 725. The maximum Gasteiger partial charge on any atom is 0.121 e. The second-order valence-electron chi connectivity index (χ2n) is 6.92. The molecular formula is C21H25N3O. The zero-order valence-electron chi connectivity index (χ0n) is 14.4. The molecule has 130 valence electrons. The van der Waals surface area contributed by atoms with Gasteiger partial charge in [-0.1, -0.05) is 36.4 Å². The minimum atomic E-state index is 0.592. The highest BCUT2D eigenvalue weighted by Crippen LogP contribution is 2.34. The third kappa shape index (κ3) is 3.64. The maximum absolute atomic E-state index is 5.95. The van der Waals surface area contributed by atoms with E-state index in [1.807, 2.05) is 24.3 Å². The number of anilines is 1. The molecule has 0 spiro atoms. The lowest BCUT2D eigenvalue weighted by atomic mass is 9.80. The first-order valence-corrected chi connectivity index (χ1v) is 8.99. The molecule has 0 amide bonds. The third-order valence-electron chi connectivity index (χ3n) is 5.16. The summed E-state index contributed by atoms with van der Waals surface area (Å²) in [6.07, 6.45) is 6.80. The lowest BCUT2D eigenvalue weighted by Gasteiger charge is -2.41. The van der Waals surface area contributed by atoms with Crippen LogP contribution in [-0.2, 0) is 6.61 Å². The predicted octanol–water partition coefficient (Wildman–Crippen LogP) is 3.55. The van der Waals surface area contributed by atoms with Crippen molar-refractivity contribution in [1.29, 1.82) is 0 Å². The topological polar surface area (TPSA) is 41.7 Å². The molecule has 0 bridgehead atoms. The number of rotatable bonds is 6. The highest BCUT2D eigenvalue weighted by Gasteiger charge is 2.33. The zero-order valence-corrected chi connectivity index (χ0v) is 14.4. The third-order valence-corrected chi connectivity index (χ3v) is 5.16. The molecule has 1 saturated carbocycles. The predicted molar refractivity (Wildman–Crippen MR) is 101 cm³/mol. The molecule has 2 aromatic rings. The van der Waals surface area contributed by atoms with Gasteiger partial charge in [-0.15, -0.1) is 0 Å². The second-order valence-corrected chi connectivity index (χ2v) is 6.92. The second kappa shape index (κ2) is 7.19. The zero-order chi connectivity index (χ0) is 17.1. The monoisotopic (exact) mass is 335 g/mol. The van der Waals surface area contributed by atoms with Gasteiger partial charge in [0.05, 0.1) is 6.67 Å². The van der Waals surface area contributed by atoms with E-state index in [1.54, 1.807) is 0 Å². The molecule has 2 N–H and O–H groups in total. The molecule has 1 fully saturated rings. The average molecular weight is 335 g/mol. The number of benzene rings is 2. The fourth-order valence-electron chi connectivity index (χ4n) is 3.50. The number of hydrogen-bond acceptors (Lipinski definition) is 4. The van der Waals surface area contributed by atoms with Gasteiger partial charge in [-0.2, -0.15) is 0 Å². The molecule has 4 heteroatoms. The van der Waals surface area contributed by atoms with E-state index in [0.717, 1.165) is 19.0 Å². The lowest BCUT2D eigenvalue weighted by Crippen LogP contribution is -2.45. The standard InChI is InChI=1S/C21H25N3O/c22-14-18-11-20(12-18)24-10-9-23(16-24)19-7-4-8-21(13-19)25-15-17-5-2-1-3-6-17/h1-10,13,18,20H,11-12,14-16,22H2. The smallest absolute Gasteiger partial charge is 0.121 e. The van der Waals surface area contributed by atoms with Gasteiger partial charge in [-0.05, 0) is 43.0 Å². The van der Waals surface area contributed by atoms with Gasteiger partial charge in [0.1, 0.15) is 12.4 Å². The molecular weight excluding hydrogens is 310 g/mol. The minimum Gasteiger partial charge on any atom is -0.489 e. The molecule has 1 aliphatic heterocycles. The van der Waals surface area contributed by atoms with E-state index >= 15 is 0 Å². The summed E-state index contributed by atoms with van der Waals surface area (Å²) in [5, 5.41) is 0. The minimum absolute atomic E-state index is 0.592. The van der Waals surface area contributed by atoms with Crippen LogP contribution >= 0.6 is 0 Å². The van der Waals surface area contributed by atoms with Crippen molar-refractivity contribution in [2.24, 2.45) is 11.7 Å². The molecule has 0 atom stereocenters. The van der Waals surface area contributed by atoms with Crippen LogP contribution in [0, 0.1) is 5.92 Å². The Kier molecular flexibility index (Phi) is 4.61. The van der Waals surface area contributed by atoms with Crippen molar-refractivity contribution in [1.82, 2.24) is 4.90 Å². The Morgan fingerprint density at radius 2 is 1.84 bits per heavy atom. The molecule has 2 aromatic carbocycles. The van der Waals surface area contributed by atoms with E-state index in [4.69, 9.17) is 10.5 Å². The van der Waals surface area contributed by atoms with Crippen LogP contribution in [0.4, 0.5) is 5.69 Å². The van der Waals surface area contributed by atoms with Crippen LogP contribution in [0.5, 0.6) is 5.75 Å². The molecule has 0 aromatic heterocycles. The van der Waals surface area contributed by atoms with Crippen LogP contribution < -0.4 is 15.4 Å². The Morgan fingerprint density at radius 1 is 1.00 bits per heavy atom. The van der Waals surface area contributed by atoms with Crippen molar-refractivity contribution in [3.05, 3.63) is 72.6 Å². The van der Waals surface area contributed by atoms with Crippen molar-refractivity contribution in [3.63, 3.8) is 0 Å². The first kappa shape index (κ1) is 16.0. The van der Waals surface area contributed by atoms with Crippen molar-refractivity contribution < 1.29 is 4.74 Å². The van der Waals surface area contributed by atoms with E-state index in [1.165, 1.54) is 24.1 Å². The maximum atomic E-state index is 5.95. The fraction of sp³-hybridized carbons (Fsp3) is 0.333. The largest absolute Gasteiger partial charge is 0.489 e. The van der Waals surface area contributed by atoms with Crippen LogP contribution in [0.2, 0.25) is 0 Å². The van der Waals surface area contributed by atoms with Gasteiger partial charge in [0.25, 0.3) is 0 Å². The molecule has 1 heterocycles. The number of nitrogens with two attached hydrogens (primary N) is 1.